The fourth-order valence-corrected chi connectivity index (χ4v) is 5.19. The molecule has 10 nitrogen and oxygen atoms in total. The molecule has 4 rings (SSSR count). The molecule has 5 atom stereocenters. The number of amides is 1. The van der Waals surface area contributed by atoms with Crippen LogP contribution >= 0.6 is 11.8 Å². The Labute approximate surface area is 225 Å². The van der Waals surface area contributed by atoms with E-state index in [0.29, 0.717) is 11.4 Å². The molecule has 0 unspecified atom stereocenters. The van der Waals surface area contributed by atoms with E-state index in [9.17, 15) is 14.7 Å². The molecule has 1 fully saturated rings. The van der Waals surface area contributed by atoms with Crippen molar-refractivity contribution in [3.05, 3.63) is 71.5 Å². The number of carbonyl (C=O) groups excluding carboxylic acids is 2. The molecule has 1 aliphatic heterocycles. The lowest BCUT2D eigenvalue weighted by Gasteiger charge is -2.41. The van der Waals surface area contributed by atoms with Gasteiger partial charge in [-0.05, 0) is 30.2 Å². The summed E-state index contributed by atoms with van der Waals surface area (Å²) in [6.07, 6.45) is -0.261. The number of aliphatic hydroxyl groups is 1. The molecule has 0 aliphatic carbocycles. The number of thioether (sulfide) groups is 1. The number of aryl methyl sites for hydroxylation is 1. The number of benzene rings is 2. The zero-order valence-corrected chi connectivity index (χ0v) is 22.6. The number of rotatable bonds is 9. The van der Waals surface area contributed by atoms with Crippen LogP contribution in [-0.4, -0.2) is 49.7 Å². The van der Waals surface area contributed by atoms with Gasteiger partial charge in [0.15, 0.2) is 17.6 Å². The molecule has 202 valence electrons. The summed E-state index contributed by atoms with van der Waals surface area (Å²) in [4.78, 5) is 23.4. The number of aliphatic hydroxyl groups excluding tert-OH is 1. The van der Waals surface area contributed by atoms with Gasteiger partial charge in [0.25, 0.3) is 5.91 Å². The van der Waals surface area contributed by atoms with Crippen molar-refractivity contribution in [1.82, 2.24) is 14.8 Å². The quantitative estimate of drug-likeness (QED) is 0.308. The van der Waals surface area contributed by atoms with Crippen molar-refractivity contribution < 1.29 is 28.9 Å². The second-order valence-electron chi connectivity index (χ2n) is 9.22. The van der Waals surface area contributed by atoms with E-state index < -0.39 is 24.3 Å². The van der Waals surface area contributed by atoms with Crippen molar-refractivity contribution in [3.8, 4) is 0 Å². The van der Waals surface area contributed by atoms with Gasteiger partial charge in [0.2, 0.25) is 0 Å². The van der Waals surface area contributed by atoms with E-state index in [4.69, 9.17) is 14.2 Å². The van der Waals surface area contributed by atoms with Gasteiger partial charge in [-0.1, -0.05) is 55.1 Å². The van der Waals surface area contributed by atoms with Crippen molar-refractivity contribution in [3.63, 3.8) is 0 Å². The fraction of sp³-hybridized carbons (Fsp3) is 0.407. The van der Waals surface area contributed by atoms with Crippen LogP contribution in [0, 0.1) is 5.92 Å². The van der Waals surface area contributed by atoms with Crippen molar-refractivity contribution in [2.24, 2.45) is 13.0 Å². The molecule has 1 aliphatic rings. The summed E-state index contributed by atoms with van der Waals surface area (Å²) in [5, 5.41) is 21.1. The molecule has 3 aromatic rings. The lowest BCUT2D eigenvalue weighted by molar-refractivity contribution is -0.268. The Morgan fingerprint density at radius 3 is 2.42 bits per heavy atom. The fourth-order valence-electron chi connectivity index (χ4n) is 4.14. The first-order chi connectivity index (χ1) is 18.2. The number of nitrogens with zero attached hydrogens (tertiary/aromatic N) is 3. The molecule has 11 heteroatoms. The maximum absolute atomic E-state index is 12.3. The average Bonchev–Trinajstić information content (AvgIpc) is 3.32. The molecule has 0 spiro atoms. The lowest BCUT2D eigenvalue weighted by Crippen LogP contribution is -2.38. The van der Waals surface area contributed by atoms with Gasteiger partial charge in [-0.15, -0.1) is 10.2 Å². The number of nitrogens with one attached hydrogen (secondary N) is 1. The molecule has 1 saturated heterocycles. The molecular weight excluding hydrogens is 508 g/mol. The van der Waals surface area contributed by atoms with Gasteiger partial charge in [-0.2, -0.15) is 0 Å². The predicted molar refractivity (Wildman–Crippen MR) is 141 cm³/mol. The maximum atomic E-state index is 12.3. The van der Waals surface area contributed by atoms with Crippen LogP contribution in [0.3, 0.4) is 0 Å². The third-order valence-corrected chi connectivity index (χ3v) is 7.46. The molecule has 2 heterocycles. The number of esters is 1. The molecule has 2 N–H and O–H groups in total. The minimum Gasteiger partial charge on any atom is -0.453 e. The second-order valence-corrected chi connectivity index (χ2v) is 10.2. The molecule has 1 amide bonds. The second kappa shape index (κ2) is 12.5. The zero-order valence-electron chi connectivity index (χ0n) is 21.7. The van der Waals surface area contributed by atoms with Gasteiger partial charge in [0.05, 0.1) is 18.8 Å². The van der Waals surface area contributed by atoms with Crippen LogP contribution in [0.1, 0.15) is 49.9 Å². The van der Waals surface area contributed by atoms with Crippen LogP contribution in [0.5, 0.6) is 0 Å². The number of ether oxygens (including phenoxy) is 3. The number of anilines is 1. The average molecular weight is 541 g/mol. The Morgan fingerprint density at radius 2 is 1.82 bits per heavy atom. The van der Waals surface area contributed by atoms with E-state index in [1.54, 1.807) is 30.2 Å². The van der Waals surface area contributed by atoms with E-state index in [-0.39, 0.29) is 24.7 Å². The number of aromatic nitrogens is 3. The van der Waals surface area contributed by atoms with Crippen LogP contribution in [0.25, 0.3) is 0 Å². The molecule has 1 aromatic heterocycles. The normalized spacial score (nSPS) is 22.0. The van der Waals surface area contributed by atoms with Gasteiger partial charge in [-0.3, -0.25) is 9.59 Å². The van der Waals surface area contributed by atoms with Gasteiger partial charge < -0.3 is 29.2 Å². The van der Waals surface area contributed by atoms with E-state index >= 15 is 0 Å². The Balaban J connectivity index is 1.52. The summed E-state index contributed by atoms with van der Waals surface area (Å²) < 4.78 is 19.7. The van der Waals surface area contributed by atoms with E-state index in [2.05, 4.69) is 22.4 Å². The van der Waals surface area contributed by atoms with E-state index in [0.717, 1.165) is 21.8 Å². The summed E-state index contributed by atoms with van der Waals surface area (Å²) in [7, 11) is 1.90. The smallest absolute Gasteiger partial charge is 0.303 e. The third kappa shape index (κ3) is 6.79. The summed E-state index contributed by atoms with van der Waals surface area (Å²) in [5.41, 5.74) is 3.20. The van der Waals surface area contributed by atoms with Crippen LogP contribution in [0.4, 0.5) is 5.69 Å². The Morgan fingerprint density at radius 1 is 1.13 bits per heavy atom. The Bertz CT molecular complexity index is 1230. The lowest BCUT2D eigenvalue weighted by atomic mass is 9.91. The highest BCUT2D eigenvalue weighted by Gasteiger charge is 2.38. The summed E-state index contributed by atoms with van der Waals surface area (Å²) in [6.45, 7) is 4.86. The summed E-state index contributed by atoms with van der Waals surface area (Å²) in [5.74, 6) is -0.246. The predicted octanol–water partition coefficient (Wildman–Crippen LogP) is 3.78. The van der Waals surface area contributed by atoms with Crippen LogP contribution in [0.15, 0.2) is 60.0 Å². The Hall–Kier alpha value is -3.25. The minimum atomic E-state index is -0.899. The molecule has 2 aromatic carbocycles. The van der Waals surface area contributed by atoms with Crippen LogP contribution in [-0.2, 0) is 37.5 Å². The SMILES string of the molecule is CC(=O)O[C@@H](C)C(=O)Nc1ccc([C@H]2O[C@@H](CSc3nncn3C)[C@@H](C)[C@@H](c3ccc(CO)cc3)O2)cc1. The Kier molecular flexibility index (Phi) is 9.16. The third-order valence-electron chi connectivity index (χ3n) is 6.33. The van der Waals surface area contributed by atoms with Crippen molar-refractivity contribution in [2.45, 2.75) is 57.1 Å². The molecule has 0 bridgehead atoms. The van der Waals surface area contributed by atoms with Gasteiger partial charge in [0.1, 0.15) is 6.33 Å². The number of carbonyl (C=O) groups is 2. The van der Waals surface area contributed by atoms with Crippen molar-refractivity contribution in [1.29, 1.82) is 0 Å². The first-order valence-electron chi connectivity index (χ1n) is 12.3. The first kappa shape index (κ1) is 27.8. The minimum absolute atomic E-state index is 0.0212. The first-order valence-corrected chi connectivity index (χ1v) is 13.3. The van der Waals surface area contributed by atoms with Gasteiger partial charge >= 0.3 is 5.97 Å². The highest BCUT2D eigenvalue weighted by atomic mass is 32.2. The van der Waals surface area contributed by atoms with Crippen molar-refractivity contribution in [2.75, 3.05) is 11.1 Å². The van der Waals surface area contributed by atoms with Crippen LogP contribution in [0.2, 0.25) is 0 Å². The monoisotopic (exact) mass is 540 g/mol. The highest BCUT2D eigenvalue weighted by Crippen LogP contribution is 2.43. The standard InChI is InChI=1S/C27H32N4O6S/c1-16-23(14-38-27-30-28-15-31(27)4)36-26(37-24(16)20-7-5-19(13-32)6-8-20)21-9-11-22(12-10-21)29-25(34)17(2)35-18(3)33/h5-12,15-17,23-24,26,32H,13-14H2,1-4H3,(H,29,34)/t16-,17+,23+,24+,26+/m1/s1. The molecular formula is C27H32N4O6S. The van der Waals surface area contributed by atoms with E-state index in [1.165, 1.54) is 13.8 Å². The topological polar surface area (TPSA) is 125 Å². The van der Waals surface area contributed by atoms with E-state index in [1.807, 2.05) is 48.0 Å². The van der Waals surface area contributed by atoms with Crippen LogP contribution < -0.4 is 5.32 Å². The number of hydrogen-bond donors (Lipinski definition) is 2. The molecule has 0 saturated carbocycles. The molecule has 0 radical (unpaired) electrons. The van der Waals surface area contributed by atoms with Gasteiger partial charge in [-0.25, -0.2) is 0 Å². The van der Waals surface area contributed by atoms with Crippen molar-refractivity contribution >= 4 is 29.3 Å². The van der Waals surface area contributed by atoms with Gasteiger partial charge in [0, 0.05) is 36.9 Å². The largest absolute Gasteiger partial charge is 0.453 e. The highest BCUT2D eigenvalue weighted by molar-refractivity contribution is 7.99. The zero-order chi connectivity index (χ0) is 27.2. The number of hydrogen-bond acceptors (Lipinski definition) is 9. The maximum Gasteiger partial charge on any atom is 0.303 e. The summed E-state index contributed by atoms with van der Waals surface area (Å²) in [6, 6.07) is 14.9. The molecule has 38 heavy (non-hydrogen) atoms. The summed E-state index contributed by atoms with van der Waals surface area (Å²) >= 11 is 1.57.